The predicted molar refractivity (Wildman–Crippen MR) is 110 cm³/mol. The summed E-state index contributed by atoms with van der Waals surface area (Å²) in [4.78, 5) is 15.3. The van der Waals surface area contributed by atoms with Crippen molar-refractivity contribution < 1.29 is 19.4 Å². The summed E-state index contributed by atoms with van der Waals surface area (Å²) in [5.41, 5.74) is 3.83. The van der Waals surface area contributed by atoms with Crippen LogP contribution in [0.5, 0.6) is 11.5 Å². The van der Waals surface area contributed by atoms with Crippen LogP contribution in [0.4, 0.5) is 0 Å². The number of pyridine rings is 1. The number of methoxy groups -OCH3 is 1. The third kappa shape index (κ3) is 4.21. The minimum atomic E-state index is -0.902. The first-order valence-corrected chi connectivity index (χ1v) is 9.15. The van der Waals surface area contributed by atoms with Gasteiger partial charge >= 0.3 is 5.97 Å². The van der Waals surface area contributed by atoms with E-state index in [1.54, 1.807) is 24.1 Å². The quantitative estimate of drug-likeness (QED) is 0.509. The minimum Gasteiger partial charge on any atom is -0.497 e. The fourth-order valence-electron chi connectivity index (χ4n) is 3.22. The van der Waals surface area contributed by atoms with Crippen LogP contribution < -0.4 is 9.47 Å². The van der Waals surface area contributed by atoms with Gasteiger partial charge < -0.3 is 19.1 Å². The zero-order chi connectivity index (χ0) is 20.2. The molecule has 0 bridgehead atoms. The molecule has 2 aromatic carbocycles. The normalized spacial score (nSPS) is 10.8. The molecule has 0 amide bonds. The largest absolute Gasteiger partial charge is 0.497 e. The number of carboxylic acid groups (broad SMARTS) is 1. The van der Waals surface area contributed by atoms with Crippen molar-refractivity contribution in [3.8, 4) is 22.6 Å². The summed E-state index contributed by atoms with van der Waals surface area (Å²) in [6.07, 6.45) is 3.33. The molecule has 0 unspecified atom stereocenters. The zero-order valence-electron chi connectivity index (χ0n) is 15.9. The minimum absolute atomic E-state index is 0.117. The maximum atomic E-state index is 10.9. The monoisotopic (exact) mass is 388 g/mol. The van der Waals surface area contributed by atoms with Gasteiger partial charge in [0.15, 0.2) is 0 Å². The lowest BCUT2D eigenvalue weighted by Gasteiger charge is -2.09. The van der Waals surface area contributed by atoms with Crippen molar-refractivity contribution in [1.29, 1.82) is 0 Å². The van der Waals surface area contributed by atoms with E-state index in [0.29, 0.717) is 18.0 Å². The Morgan fingerprint density at radius 1 is 1.03 bits per heavy atom. The Kier molecular flexibility index (Phi) is 5.16. The van der Waals surface area contributed by atoms with Gasteiger partial charge in [0.25, 0.3) is 0 Å². The van der Waals surface area contributed by atoms with Gasteiger partial charge in [-0.1, -0.05) is 30.3 Å². The lowest BCUT2D eigenvalue weighted by Crippen LogP contribution is -2.07. The van der Waals surface area contributed by atoms with Crippen molar-refractivity contribution in [1.82, 2.24) is 9.55 Å². The first-order chi connectivity index (χ1) is 14.1. The van der Waals surface area contributed by atoms with Gasteiger partial charge in [0.05, 0.1) is 13.3 Å². The van der Waals surface area contributed by atoms with Gasteiger partial charge in [0, 0.05) is 11.6 Å². The summed E-state index contributed by atoms with van der Waals surface area (Å²) in [6, 6.07) is 19.8. The van der Waals surface area contributed by atoms with Crippen molar-refractivity contribution in [3.05, 3.63) is 78.6 Å². The van der Waals surface area contributed by atoms with E-state index in [0.717, 1.165) is 27.8 Å². The number of nitrogens with zero attached hydrogens (tertiary/aromatic N) is 2. The smallest absolute Gasteiger partial charge is 0.323 e. The van der Waals surface area contributed by atoms with E-state index in [4.69, 9.17) is 14.6 Å². The van der Waals surface area contributed by atoms with E-state index in [-0.39, 0.29) is 6.54 Å². The number of hydrogen-bond donors (Lipinski definition) is 1. The number of hydrogen-bond acceptors (Lipinski definition) is 4. The third-order valence-corrected chi connectivity index (χ3v) is 4.62. The maximum Gasteiger partial charge on any atom is 0.323 e. The number of carbonyl (C=O) groups is 1. The molecular formula is C23H20N2O4. The van der Waals surface area contributed by atoms with E-state index < -0.39 is 5.97 Å². The number of aliphatic carboxylic acids is 1. The molecule has 0 radical (unpaired) electrons. The maximum absolute atomic E-state index is 10.9. The standard InChI is InChI=1S/C23H20N2O4/c1-28-20-7-3-6-18(11-20)17-5-2-4-16(10-17)15-29-21-12-19-8-9-25(14-22(26)27)23(19)24-13-21/h2-13H,14-15H2,1H3,(H,26,27). The zero-order valence-corrected chi connectivity index (χ0v) is 15.9. The molecule has 2 heterocycles. The second-order valence-corrected chi connectivity index (χ2v) is 6.64. The summed E-state index contributed by atoms with van der Waals surface area (Å²) in [5.74, 6) is 0.552. The fraction of sp³-hybridized carbons (Fsp3) is 0.130. The van der Waals surface area contributed by atoms with Crippen molar-refractivity contribution in [3.63, 3.8) is 0 Å². The molecule has 146 valence electrons. The van der Waals surface area contributed by atoms with Crippen LogP contribution in [-0.4, -0.2) is 27.7 Å². The average molecular weight is 388 g/mol. The molecule has 0 fully saturated rings. The molecule has 0 atom stereocenters. The Morgan fingerprint density at radius 3 is 2.62 bits per heavy atom. The highest BCUT2D eigenvalue weighted by Gasteiger charge is 2.08. The summed E-state index contributed by atoms with van der Waals surface area (Å²) in [7, 11) is 1.66. The Balaban J connectivity index is 1.49. The molecule has 2 aromatic heterocycles. The van der Waals surface area contributed by atoms with Crippen LogP contribution in [0.3, 0.4) is 0 Å². The fourth-order valence-corrected chi connectivity index (χ4v) is 3.22. The molecule has 0 saturated carbocycles. The molecule has 4 rings (SSSR count). The SMILES string of the molecule is COc1cccc(-c2cccc(COc3cnc4c(ccn4CC(=O)O)c3)c2)c1. The van der Waals surface area contributed by atoms with Crippen LogP contribution in [0.25, 0.3) is 22.2 Å². The molecule has 0 aliphatic heterocycles. The van der Waals surface area contributed by atoms with Gasteiger partial charge in [0.2, 0.25) is 0 Å². The molecule has 6 nitrogen and oxygen atoms in total. The van der Waals surface area contributed by atoms with Crippen molar-refractivity contribution in [2.24, 2.45) is 0 Å². The van der Waals surface area contributed by atoms with Crippen molar-refractivity contribution in [2.75, 3.05) is 7.11 Å². The van der Waals surface area contributed by atoms with E-state index in [9.17, 15) is 4.79 Å². The van der Waals surface area contributed by atoms with Crippen LogP contribution in [0.2, 0.25) is 0 Å². The van der Waals surface area contributed by atoms with E-state index >= 15 is 0 Å². The molecule has 4 aromatic rings. The Hall–Kier alpha value is -3.80. The Bertz CT molecular complexity index is 1170. The molecule has 0 aliphatic rings. The highest BCUT2D eigenvalue weighted by Crippen LogP contribution is 2.25. The third-order valence-electron chi connectivity index (χ3n) is 4.62. The van der Waals surface area contributed by atoms with Crippen LogP contribution in [0, 0.1) is 0 Å². The van der Waals surface area contributed by atoms with Crippen LogP contribution in [0.1, 0.15) is 5.56 Å². The number of ether oxygens (including phenoxy) is 2. The first-order valence-electron chi connectivity index (χ1n) is 9.15. The number of fused-ring (bicyclic) bond motifs is 1. The lowest BCUT2D eigenvalue weighted by molar-refractivity contribution is -0.137. The molecule has 0 spiro atoms. The van der Waals surface area contributed by atoms with Crippen LogP contribution >= 0.6 is 0 Å². The number of benzene rings is 2. The molecule has 6 heteroatoms. The predicted octanol–water partition coefficient (Wildman–Crippen LogP) is 4.38. The van der Waals surface area contributed by atoms with Gasteiger partial charge in [0.1, 0.15) is 30.3 Å². The van der Waals surface area contributed by atoms with Crippen LogP contribution in [-0.2, 0) is 17.9 Å². The average Bonchev–Trinajstić information content (AvgIpc) is 3.14. The number of rotatable bonds is 7. The Labute approximate surface area is 168 Å². The summed E-state index contributed by atoms with van der Waals surface area (Å²) < 4.78 is 12.8. The molecule has 0 saturated heterocycles. The molecule has 1 N–H and O–H groups in total. The summed E-state index contributed by atoms with van der Waals surface area (Å²) in [6.45, 7) is 0.286. The van der Waals surface area contributed by atoms with Gasteiger partial charge in [-0.25, -0.2) is 4.98 Å². The van der Waals surface area contributed by atoms with Gasteiger partial charge in [-0.15, -0.1) is 0 Å². The summed E-state index contributed by atoms with van der Waals surface area (Å²) >= 11 is 0. The van der Waals surface area contributed by atoms with Crippen LogP contribution in [0.15, 0.2) is 73.1 Å². The summed E-state index contributed by atoms with van der Waals surface area (Å²) in [5, 5.41) is 9.80. The van der Waals surface area contributed by atoms with E-state index in [1.165, 1.54) is 0 Å². The van der Waals surface area contributed by atoms with Crippen molar-refractivity contribution >= 4 is 17.0 Å². The van der Waals surface area contributed by atoms with E-state index in [2.05, 4.69) is 17.1 Å². The number of aromatic nitrogens is 2. The van der Waals surface area contributed by atoms with E-state index in [1.807, 2.05) is 48.5 Å². The van der Waals surface area contributed by atoms with Gasteiger partial charge in [-0.3, -0.25) is 4.79 Å². The molecule has 0 aliphatic carbocycles. The van der Waals surface area contributed by atoms with Crippen molar-refractivity contribution in [2.45, 2.75) is 13.2 Å². The van der Waals surface area contributed by atoms with Gasteiger partial charge in [-0.05, 0) is 47.0 Å². The second-order valence-electron chi connectivity index (χ2n) is 6.64. The topological polar surface area (TPSA) is 73.6 Å². The lowest BCUT2D eigenvalue weighted by atomic mass is 10.0. The van der Waals surface area contributed by atoms with Gasteiger partial charge in [-0.2, -0.15) is 0 Å². The highest BCUT2D eigenvalue weighted by atomic mass is 16.5. The molecular weight excluding hydrogens is 368 g/mol. The Morgan fingerprint density at radius 2 is 1.83 bits per heavy atom. The molecule has 29 heavy (non-hydrogen) atoms. The second kappa shape index (κ2) is 8.06. The number of carboxylic acids is 1. The highest BCUT2D eigenvalue weighted by molar-refractivity contribution is 5.79. The first kappa shape index (κ1) is 18.6.